The summed E-state index contributed by atoms with van der Waals surface area (Å²) in [5.74, 6) is -2.09. The molecule has 1 aliphatic heterocycles. The molecule has 3 aromatic rings. The third-order valence-corrected chi connectivity index (χ3v) is 5.62. The number of aliphatic hydroxyl groups excluding tert-OH is 1. The molecule has 37 heavy (non-hydrogen) atoms. The second-order valence-electron chi connectivity index (χ2n) is 7.95. The minimum atomic E-state index is -4.95. The number of nitrogens with zero attached hydrogens (tertiary/aromatic N) is 1. The minimum Gasteiger partial charge on any atom is -0.507 e. The summed E-state index contributed by atoms with van der Waals surface area (Å²) in [5.41, 5.74) is 0.402. The molecule has 1 aliphatic rings. The highest BCUT2D eigenvalue weighted by Gasteiger charge is 2.47. The predicted octanol–water partition coefficient (Wildman–Crippen LogP) is 5.62. The highest BCUT2D eigenvalue weighted by molar-refractivity contribution is 6.51. The monoisotopic (exact) mass is 513 g/mol. The molecule has 0 aromatic heterocycles. The van der Waals surface area contributed by atoms with Crippen molar-refractivity contribution >= 4 is 23.1 Å². The van der Waals surface area contributed by atoms with E-state index in [1.54, 1.807) is 49.4 Å². The number of ether oxygens (including phenoxy) is 3. The van der Waals surface area contributed by atoms with Gasteiger partial charge in [-0.25, -0.2) is 0 Å². The summed E-state index contributed by atoms with van der Waals surface area (Å²) < 4.78 is 53.1. The molecule has 0 aliphatic carbocycles. The van der Waals surface area contributed by atoms with Gasteiger partial charge in [0, 0.05) is 17.3 Å². The van der Waals surface area contributed by atoms with Crippen LogP contribution in [0.4, 0.5) is 18.9 Å². The summed E-state index contributed by atoms with van der Waals surface area (Å²) in [6, 6.07) is 16.4. The highest BCUT2D eigenvalue weighted by Crippen LogP contribution is 2.43. The van der Waals surface area contributed by atoms with Gasteiger partial charge in [-0.1, -0.05) is 30.3 Å². The molecule has 0 spiro atoms. The maximum atomic E-state index is 13.3. The number of rotatable bonds is 7. The van der Waals surface area contributed by atoms with Crippen LogP contribution in [0.5, 0.6) is 17.2 Å². The van der Waals surface area contributed by atoms with Crippen LogP contribution in [0.25, 0.3) is 5.76 Å². The lowest BCUT2D eigenvalue weighted by Crippen LogP contribution is -2.29. The van der Waals surface area contributed by atoms with Crippen LogP contribution >= 0.6 is 0 Å². The number of aliphatic hydroxyl groups is 1. The molecule has 3 aromatic carbocycles. The van der Waals surface area contributed by atoms with Crippen LogP contribution in [0, 0.1) is 0 Å². The van der Waals surface area contributed by atoms with E-state index >= 15 is 0 Å². The first-order valence-electron chi connectivity index (χ1n) is 11.2. The Morgan fingerprint density at radius 3 is 2.27 bits per heavy atom. The second-order valence-corrected chi connectivity index (χ2v) is 7.95. The Morgan fingerprint density at radius 2 is 1.62 bits per heavy atom. The third-order valence-electron chi connectivity index (χ3n) is 5.62. The Kier molecular flexibility index (Phi) is 7.10. The lowest BCUT2D eigenvalue weighted by atomic mass is 9.95. The summed E-state index contributed by atoms with van der Waals surface area (Å²) >= 11 is 0. The van der Waals surface area contributed by atoms with Crippen LogP contribution in [-0.2, 0) is 9.59 Å². The standard InChI is InChI=1S/C27H22F3NO6/c1-3-36-20-8-4-6-17(14-20)24(32)22-23(16-10-12-19(35-2)13-11-16)31(26(34)25(22)33)18-7-5-9-21(15-18)37-27(28,29)30/h4-15,23,32H,3H2,1-2H3/b24-22+. The first-order chi connectivity index (χ1) is 17.6. The van der Waals surface area contributed by atoms with E-state index in [1.165, 1.54) is 25.3 Å². The molecule has 1 unspecified atom stereocenters. The van der Waals surface area contributed by atoms with Crippen molar-refractivity contribution in [1.82, 2.24) is 0 Å². The maximum Gasteiger partial charge on any atom is 0.573 e. The van der Waals surface area contributed by atoms with Gasteiger partial charge in [0.15, 0.2) is 0 Å². The molecule has 1 saturated heterocycles. The fraction of sp³-hybridized carbons (Fsp3) is 0.185. The van der Waals surface area contributed by atoms with Crippen molar-refractivity contribution in [2.45, 2.75) is 19.3 Å². The fourth-order valence-electron chi connectivity index (χ4n) is 4.09. The zero-order valence-corrected chi connectivity index (χ0v) is 19.8. The topological polar surface area (TPSA) is 85.3 Å². The van der Waals surface area contributed by atoms with Crippen molar-refractivity contribution in [3.05, 3.63) is 89.5 Å². The van der Waals surface area contributed by atoms with Crippen LogP contribution in [0.15, 0.2) is 78.4 Å². The third kappa shape index (κ3) is 5.37. The molecule has 192 valence electrons. The number of hydrogen-bond acceptors (Lipinski definition) is 6. The molecule has 10 heteroatoms. The lowest BCUT2D eigenvalue weighted by Gasteiger charge is -2.26. The van der Waals surface area contributed by atoms with Crippen molar-refractivity contribution in [2.24, 2.45) is 0 Å². The van der Waals surface area contributed by atoms with Gasteiger partial charge in [0.1, 0.15) is 23.0 Å². The Labute approximate surface area is 210 Å². The average molecular weight is 513 g/mol. The van der Waals surface area contributed by atoms with E-state index in [0.29, 0.717) is 23.7 Å². The largest absolute Gasteiger partial charge is 0.573 e. The number of carbonyl (C=O) groups is 2. The van der Waals surface area contributed by atoms with Crippen molar-refractivity contribution in [3.63, 3.8) is 0 Å². The molecule has 4 rings (SSSR count). The van der Waals surface area contributed by atoms with Gasteiger partial charge in [-0.05, 0) is 48.9 Å². The van der Waals surface area contributed by atoms with E-state index in [0.717, 1.165) is 17.0 Å². The molecule has 0 saturated carbocycles. The number of amides is 1. The lowest BCUT2D eigenvalue weighted by molar-refractivity contribution is -0.274. The summed E-state index contributed by atoms with van der Waals surface area (Å²) in [7, 11) is 1.47. The van der Waals surface area contributed by atoms with E-state index in [2.05, 4.69) is 4.74 Å². The summed E-state index contributed by atoms with van der Waals surface area (Å²) in [5, 5.41) is 11.2. The molecular formula is C27H22F3NO6. The predicted molar refractivity (Wildman–Crippen MR) is 129 cm³/mol. The van der Waals surface area contributed by atoms with E-state index in [-0.39, 0.29) is 16.8 Å². The molecule has 1 amide bonds. The van der Waals surface area contributed by atoms with Gasteiger partial charge in [0.25, 0.3) is 11.7 Å². The van der Waals surface area contributed by atoms with Gasteiger partial charge in [0.2, 0.25) is 0 Å². The zero-order valence-electron chi connectivity index (χ0n) is 19.8. The van der Waals surface area contributed by atoms with Crippen molar-refractivity contribution in [2.75, 3.05) is 18.6 Å². The number of alkyl halides is 3. The highest BCUT2D eigenvalue weighted by atomic mass is 19.4. The van der Waals surface area contributed by atoms with Crippen LogP contribution in [-0.4, -0.2) is 36.9 Å². The summed E-state index contributed by atoms with van der Waals surface area (Å²) in [4.78, 5) is 27.5. The SMILES string of the molecule is CCOc1cccc(/C(O)=C2\C(=O)C(=O)N(c3cccc(OC(F)(F)F)c3)C2c2ccc(OC)cc2)c1. The smallest absolute Gasteiger partial charge is 0.507 e. The molecular weight excluding hydrogens is 491 g/mol. The molecule has 1 fully saturated rings. The van der Waals surface area contributed by atoms with E-state index < -0.39 is 35.6 Å². The van der Waals surface area contributed by atoms with Gasteiger partial charge >= 0.3 is 6.36 Å². The van der Waals surface area contributed by atoms with E-state index in [9.17, 15) is 27.9 Å². The van der Waals surface area contributed by atoms with Crippen LogP contribution in [0.1, 0.15) is 24.1 Å². The normalized spacial score (nSPS) is 17.1. The molecule has 0 bridgehead atoms. The Balaban J connectivity index is 1.89. The van der Waals surface area contributed by atoms with Crippen molar-refractivity contribution in [3.8, 4) is 17.2 Å². The van der Waals surface area contributed by atoms with Gasteiger partial charge in [0.05, 0.1) is 25.3 Å². The van der Waals surface area contributed by atoms with Gasteiger partial charge in [-0.15, -0.1) is 13.2 Å². The van der Waals surface area contributed by atoms with Crippen molar-refractivity contribution in [1.29, 1.82) is 0 Å². The van der Waals surface area contributed by atoms with E-state index in [1.807, 2.05) is 0 Å². The number of methoxy groups -OCH3 is 1. The second kappa shape index (κ2) is 10.3. The Bertz CT molecular complexity index is 1350. The van der Waals surface area contributed by atoms with Gasteiger partial charge < -0.3 is 19.3 Å². The van der Waals surface area contributed by atoms with E-state index in [4.69, 9.17) is 9.47 Å². The molecule has 0 radical (unpaired) electrons. The van der Waals surface area contributed by atoms with Crippen LogP contribution in [0.2, 0.25) is 0 Å². The molecule has 1 atom stereocenters. The van der Waals surface area contributed by atoms with Crippen LogP contribution in [0.3, 0.4) is 0 Å². The number of anilines is 1. The molecule has 1 N–H and O–H groups in total. The zero-order chi connectivity index (χ0) is 26.7. The molecule has 1 heterocycles. The average Bonchev–Trinajstić information content (AvgIpc) is 3.13. The number of Topliss-reactive ketones (excluding diaryl/α,β-unsaturated/α-hetero) is 1. The number of benzene rings is 3. The minimum absolute atomic E-state index is 0.0215. The van der Waals surface area contributed by atoms with Gasteiger partial charge in [-0.2, -0.15) is 0 Å². The fourth-order valence-corrected chi connectivity index (χ4v) is 4.09. The Hall–Kier alpha value is -4.47. The number of hydrogen-bond donors (Lipinski definition) is 1. The van der Waals surface area contributed by atoms with Crippen molar-refractivity contribution < 1.29 is 42.1 Å². The number of halogens is 3. The molecule has 7 nitrogen and oxygen atoms in total. The van der Waals surface area contributed by atoms with Crippen LogP contribution < -0.4 is 19.1 Å². The summed E-state index contributed by atoms with van der Waals surface area (Å²) in [6.07, 6.45) is -4.95. The van der Waals surface area contributed by atoms with Gasteiger partial charge in [-0.3, -0.25) is 14.5 Å². The quantitative estimate of drug-likeness (QED) is 0.251. The Morgan fingerprint density at radius 1 is 0.946 bits per heavy atom. The summed E-state index contributed by atoms with van der Waals surface area (Å²) in [6.45, 7) is 2.16. The first kappa shape index (κ1) is 25.6. The number of ketones is 1. The first-order valence-corrected chi connectivity index (χ1v) is 11.2. The number of carbonyl (C=O) groups excluding carboxylic acids is 2. The maximum absolute atomic E-state index is 13.3.